The number of halogens is 3. The number of carbonyl (C=O) groups is 1. The van der Waals surface area contributed by atoms with E-state index in [1.807, 2.05) is 0 Å². The number of hydrogen-bond donors (Lipinski definition) is 2. The van der Waals surface area contributed by atoms with Crippen molar-refractivity contribution in [3.8, 4) is 16.9 Å². The second kappa shape index (κ2) is 6.70. The van der Waals surface area contributed by atoms with Gasteiger partial charge in [0.1, 0.15) is 5.75 Å². The van der Waals surface area contributed by atoms with Gasteiger partial charge in [-0.2, -0.15) is 0 Å². The molecule has 0 saturated heterocycles. The summed E-state index contributed by atoms with van der Waals surface area (Å²) in [6.07, 6.45) is -4.94. The van der Waals surface area contributed by atoms with Crippen LogP contribution in [0.4, 0.5) is 13.2 Å². The summed E-state index contributed by atoms with van der Waals surface area (Å²) >= 11 is 0. The number of benzene rings is 2. The van der Waals surface area contributed by atoms with Crippen molar-refractivity contribution >= 4 is 5.97 Å². The van der Waals surface area contributed by atoms with Gasteiger partial charge < -0.3 is 15.6 Å². The summed E-state index contributed by atoms with van der Waals surface area (Å²) < 4.78 is 40.2. The molecular weight excluding hydrogens is 311 g/mol. The summed E-state index contributed by atoms with van der Waals surface area (Å²) in [6, 6.07) is 11.7. The molecule has 1 atom stereocenters. The number of alkyl halides is 3. The zero-order valence-corrected chi connectivity index (χ0v) is 11.9. The number of ether oxygens (including phenoxy) is 1. The molecule has 7 heteroatoms. The monoisotopic (exact) mass is 325 g/mol. The van der Waals surface area contributed by atoms with E-state index in [4.69, 9.17) is 10.8 Å². The van der Waals surface area contributed by atoms with Crippen LogP contribution in [0, 0.1) is 0 Å². The van der Waals surface area contributed by atoms with Gasteiger partial charge in [-0.05, 0) is 34.9 Å². The highest BCUT2D eigenvalue weighted by Gasteiger charge is 2.30. The third-order valence-electron chi connectivity index (χ3n) is 3.13. The van der Waals surface area contributed by atoms with Crippen LogP contribution < -0.4 is 10.5 Å². The molecule has 0 aromatic heterocycles. The van der Waals surface area contributed by atoms with Crippen molar-refractivity contribution in [3.63, 3.8) is 0 Å². The van der Waals surface area contributed by atoms with Gasteiger partial charge in [0.15, 0.2) is 0 Å². The maximum absolute atomic E-state index is 12.1. The van der Waals surface area contributed by atoms with Crippen LogP contribution in [0.15, 0.2) is 48.5 Å². The molecule has 2 aromatic carbocycles. The van der Waals surface area contributed by atoms with Crippen molar-refractivity contribution < 1.29 is 27.8 Å². The van der Waals surface area contributed by atoms with Crippen LogP contribution >= 0.6 is 0 Å². The Morgan fingerprint density at radius 3 is 2.35 bits per heavy atom. The minimum atomic E-state index is -4.73. The van der Waals surface area contributed by atoms with Gasteiger partial charge in [-0.3, -0.25) is 4.79 Å². The predicted molar refractivity (Wildman–Crippen MR) is 77.7 cm³/mol. The standard InChI is InChI=1S/C16H14F3NO3/c17-16(18,19)23-13-6-4-10(5-7-13)11-2-1-3-12(8-11)14(20)9-15(21)22/h1-8,14H,9,20H2,(H,21,22). The number of aliphatic carboxylic acids is 1. The second-order valence-electron chi connectivity index (χ2n) is 4.90. The Hall–Kier alpha value is -2.54. The van der Waals surface area contributed by atoms with Gasteiger partial charge in [0, 0.05) is 6.04 Å². The topological polar surface area (TPSA) is 72.6 Å². The van der Waals surface area contributed by atoms with Gasteiger partial charge >= 0.3 is 12.3 Å². The van der Waals surface area contributed by atoms with Gasteiger partial charge in [0.25, 0.3) is 0 Å². The molecule has 122 valence electrons. The van der Waals surface area contributed by atoms with Crippen LogP contribution in [0.5, 0.6) is 5.75 Å². The van der Waals surface area contributed by atoms with E-state index in [0.29, 0.717) is 11.1 Å². The van der Waals surface area contributed by atoms with Gasteiger partial charge in [0.2, 0.25) is 0 Å². The first-order valence-electron chi connectivity index (χ1n) is 6.68. The molecule has 3 N–H and O–H groups in total. The first kappa shape index (κ1) is 16.8. The Balaban J connectivity index is 2.20. The fourth-order valence-corrected chi connectivity index (χ4v) is 2.10. The van der Waals surface area contributed by atoms with E-state index in [0.717, 1.165) is 5.56 Å². The van der Waals surface area contributed by atoms with E-state index in [1.165, 1.54) is 24.3 Å². The Morgan fingerprint density at radius 2 is 1.78 bits per heavy atom. The molecule has 23 heavy (non-hydrogen) atoms. The average molecular weight is 325 g/mol. The van der Waals surface area contributed by atoms with E-state index < -0.39 is 18.4 Å². The van der Waals surface area contributed by atoms with Gasteiger partial charge in [-0.25, -0.2) is 0 Å². The highest BCUT2D eigenvalue weighted by atomic mass is 19.4. The quantitative estimate of drug-likeness (QED) is 0.878. The van der Waals surface area contributed by atoms with Crippen LogP contribution in [0.25, 0.3) is 11.1 Å². The molecule has 0 amide bonds. The molecule has 4 nitrogen and oxygen atoms in total. The van der Waals surface area contributed by atoms with Crippen molar-refractivity contribution in [3.05, 3.63) is 54.1 Å². The largest absolute Gasteiger partial charge is 0.573 e. The summed E-state index contributed by atoms with van der Waals surface area (Å²) in [5.74, 6) is -1.31. The fourth-order valence-electron chi connectivity index (χ4n) is 2.10. The number of rotatable bonds is 5. The van der Waals surface area contributed by atoms with Crippen molar-refractivity contribution in [2.24, 2.45) is 5.73 Å². The lowest BCUT2D eigenvalue weighted by Crippen LogP contribution is -2.16. The van der Waals surface area contributed by atoms with Crippen molar-refractivity contribution in [2.45, 2.75) is 18.8 Å². The molecule has 1 unspecified atom stereocenters. The normalized spacial score (nSPS) is 12.7. The Kier molecular flexibility index (Phi) is 4.90. The minimum absolute atomic E-state index is 0.207. The Bertz CT molecular complexity index is 684. The zero-order chi connectivity index (χ0) is 17.0. The smallest absolute Gasteiger partial charge is 0.481 e. The highest BCUT2D eigenvalue weighted by Crippen LogP contribution is 2.28. The SMILES string of the molecule is NC(CC(=O)O)c1cccc(-c2ccc(OC(F)(F)F)cc2)c1. The Morgan fingerprint density at radius 1 is 1.13 bits per heavy atom. The Labute approximate surface area is 130 Å². The summed E-state index contributed by atoms with van der Waals surface area (Å²) in [5, 5.41) is 8.77. The first-order chi connectivity index (χ1) is 10.7. The van der Waals surface area contributed by atoms with Crippen molar-refractivity contribution in [1.82, 2.24) is 0 Å². The predicted octanol–water partition coefficient (Wildman–Crippen LogP) is 3.73. The van der Waals surface area contributed by atoms with Crippen LogP contribution in [-0.2, 0) is 4.79 Å². The molecule has 2 aromatic rings. The van der Waals surface area contributed by atoms with E-state index in [-0.39, 0.29) is 12.2 Å². The summed E-state index contributed by atoms with van der Waals surface area (Å²) in [4.78, 5) is 10.7. The number of carboxylic acids is 1. The van der Waals surface area contributed by atoms with Crippen molar-refractivity contribution in [1.29, 1.82) is 0 Å². The van der Waals surface area contributed by atoms with E-state index in [2.05, 4.69) is 4.74 Å². The minimum Gasteiger partial charge on any atom is -0.481 e. The lowest BCUT2D eigenvalue weighted by atomic mass is 9.98. The lowest BCUT2D eigenvalue weighted by molar-refractivity contribution is -0.274. The van der Waals surface area contributed by atoms with Crippen LogP contribution in [0.1, 0.15) is 18.0 Å². The van der Waals surface area contributed by atoms with Gasteiger partial charge in [-0.15, -0.1) is 13.2 Å². The van der Waals surface area contributed by atoms with Gasteiger partial charge in [0.05, 0.1) is 6.42 Å². The van der Waals surface area contributed by atoms with Crippen LogP contribution in [0.2, 0.25) is 0 Å². The van der Waals surface area contributed by atoms with Crippen molar-refractivity contribution in [2.75, 3.05) is 0 Å². The molecular formula is C16H14F3NO3. The van der Waals surface area contributed by atoms with Crippen LogP contribution in [-0.4, -0.2) is 17.4 Å². The third kappa shape index (κ3) is 5.00. The maximum atomic E-state index is 12.1. The second-order valence-corrected chi connectivity index (χ2v) is 4.90. The number of nitrogens with two attached hydrogens (primary N) is 1. The molecule has 0 fully saturated rings. The van der Waals surface area contributed by atoms with E-state index in [9.17, 15) is 18.0 Å². The zero-order valence-electron chi connectivity index (χ0n) is 11.9. The first-order valence-corrected chi connectivity index (χ1v) is 6.68. The molecule has 0 aliphatic rings. The maximum Gasteiger partial charge on any atom is 0.573 e. The summed E-state index contributed by atoms with van der Waals surface area (Å²) in [6.45, 7) is 0. The summed E-state index contributed by atoms with van der Waals surface area (Å²) in [5.41, 5.74) is 7.84. The van der Waals surface area contributed by atoms with Crippen LogP contribution in [0.3, 0.4) is 0 Å². The molecule has 0 aliphatic carbocycles. The van der Waals surface area contributed by atoms with E-state index in [1.54, 1.807) is 24.3 Å². The highest BCUT2D eigenvalue weighted by molar-refractivity contribution is 5.69. The average Bonchev–Trinajstić information content (AvgIpc) is 2.46. The fraction of sp³-hybridized carbons (Fsp3) is 0.188. The van der Waals surface area contributed by atoms with Gasteiger partial charge in [-0.1, -0.05) is 30.3 Å². The summed E-state index contributed by atoms with van der Waals surface area (Å²) in [7, 11) is 0. The molecule has 0 heterocycles. The molecule has 2 rings (SSSR count). The molecule has 0 spiro atoms. The molecule has 0 saturated carbocycles. The third-order valence-corrected chi connectivity index (χ3v) is 3.13. The molecule has 0 radical (unpaired) electrons. The molecule has 0 aliphatic heterocycles. The molecule has 0 bridgehead atoms. The lowest BCUT2D eigenvalue weighted by Gasteiger charge is -2.12. The number of carboxylic acid groups (broad SMARTS) is 1. The number of hydrogen-bond acceptors (Lipinski definition) is 3. The van der Waals surface area contributed by atoms with E-state index >= 15 is 0 Å².